The van der Waals surface area contributed by atoms with Crippen LogP contribution in [-0.2, 0) is 19.1 Å². The summed E-state index contributed by atoms with van der Waals surface area (Å²) in [6.07, 6.45) is 12.6. The Bertz CT molecular complexity index is 1340. The average Bonchev–Trinajstić information content (AvgIpc) is 3.60. The Labute approximate surface area is 296 Å². The van der Waals surface area contributed by atoms with Gasteiger partial charge in [-0.2, -0.15) is 0 Å². The standard InChI is InChI=1S/C14H26FNO3.C12H11FN2O3.C12H23N/c1-5-11(10-17)7-6-8-12(9-15)16-13(18)19-14(2,3)4;1-2-18-12(17)11-10(13)8-5-7(14-6-16)3-4-9(8)15-11;1-10-12(8-9-13(10)2)11-6-4-3-5-7-11/h10-12H,5-9H2,1-4H3,(H,16,18);3-6,15H,2H2,1H3,(H,14,16);10-12H,3-9H2,1-2H3. The molecule has 4 atom stereocenters. The number of nitrogens with one attached hydrogen (secondary N) is 3. The number of anilines is 1. The predicted octanol–water partition coefficient (Wildman–Crippen LogP) is 8.20. The number of aldehydes is 1. The van der Waals surface area contributed by atoms with Crippen molar-refractivity contribution < 1.29 is 37.4 Å². The number of esters is 1. The number of alkyl carbamates (subject to hydrolysis) is 1. The van der Waals surface area contributed by atoms with Crippen LogP contribution in [0.15, 0.2) is 18.2 Å². The van der Waals surface area contributed by atoms with E-state index >= 15 is 0 Å². The predicted molar refractivity (Wildman–Crippen MR) is 194 cm³/mol. The molecule has 1 aromatic carbocycles. The number of hydrogen-bond donors (Lipinski definition) is 3. The number of H-pyrrole nitrogens is 1. The second-order valence-corrected chi connectivity index (χ2v) is 14.4. The maximum atomic E-state index is 14.0. The summed E-state index contributed by atoms with van der Waals surface area (Å²) in [6.45, 7) is 12.2. The Morgan fingerprint density at radius 2 is 1.80 bits per heavy atom. The van der Waals surface area contributed by atoms with Crippen molar-refractivity contribution in [3.05, 3.63) is 29.7 Å². The van der Waals surface area contributed by atoms with E-state index in [0.717, 1.165) is 37.0 Å². The highest BCUT2D eigenvalue weighted by Gasteiger charge is 2.34. The molecule has 2 aliphatic rings. The van der Waals surface area contributed by atoms with Gasteiger partial charge in [0.05, 0.1) is 12.6 Å². The largest absolute Gasteiger partial charge is 0.461 e. The third-order valence-corrected chi connectivity index (χ3v) is 9.58. The molecule has 0 spiro atoms. The summed E-state index contributed by atoms with van der Waals surface area (Å²) in [6, 6.07) is 4.93. The van der Waals surface area contributed by atoms with E-state index in [9.17, 15) is 28.0 Å². The fourth-order valence-corrected chi connectivity index (χ4v) is 6.63. The number of nitrogens with zero attached hydrogens (tertiary/aromatic N) is 1. The quantitative estimate of drug-likeness (QED) is 0.141. The highest BCUT2D eigenvalue weighted by Crippen LogP contribution is 2.38. The van der Waals surface area contributed by atoms with Gasteiger partial charge < -0.3 is 34.8 Å². The minimum atomic E-state index is -0.740. The normalized spacial score (nSPS) is 19.2. The molecule has 282 valence electrons. The molecule has 2 heterocycles. The van der Waals surface area contributed by atoms with Crippen LogP contribution < -0.4 is 10.6 Å². The highest BCUT2D eigenvalue weighted by atomic mass is 19.1. The molecule has 1 aliphatic carbocycles. The third kappa shape index (κ3) is 14.0. The lowest BCUT2D eigenvalue weighted by Gasteiger charge is -2.31. The smallest absolute Gasteiger partial charge is 0.407 e. The number of alkyl halides is 1. The molecule has 2 amide bonds. The molecule has 1 saturated heterocycles. The molecule has 2 fully saturated rings. The van der Waals surface area contributed by atoms with Crippen molar-refractivity contribution in [3.8, 4) is 0 Å². The lowest BCUT2D eigenvalue weighted by molar-refractivity contribution is -0.111. The number of amides is 2. The van der Waals surface area contributed by atoms with Gasteiger partial charge in [0.1, 0.15) is 18.6 Å². The lowest BCUT2D eigenvalue weighted by atomic mass is 9.77. The first kappa shape index (κ1) is 42.6. The summed E-state index contributed by atoms with van der Waals surface area (Å²) in [5, 5.41) is 5.15. The first-order valence-corrected chi connectivity index (χ1v) is 18.2. The number of ether oxygens (including phenoxy) is 2. The van der Waals surface area contributed by atoms with Crippen molar-refractivity contribution in [3.63, 3.8) is 0 Å². The van der Waals surface area contributed by atoms with Gasteiger partial charge in [0.2, 0.25) is 6.41 Å². The Hall–Kier alpha value is -3.54. The number of aromatic amines is 1. The molecule has 1 aromatic heterocycles. The first-order chi connectivity index (χ1) is 23.8. The number of likely N-dealkylation sites (tertiary alicyclic amines) is 1. The van der Waals surface area contributed by atoms with Gasteiger partial charge in [0.25, 0.3) is 0 Å². The number of halogens is 2. The summed E-state index contributed by atoms with van der Waals surface area (Å²) in [4.78, 5) is 49.1. The minimum Gasteiger partial charge on any atom is -0.461 e. The summed E-state index contributed by atoms with van der Waals surface area (Å²) in [5.41, 5.74) is 0.114. The zero-order chi connectivity index (χ0) is 37.3. The van der Waals surface area contributed by atoms with E-state index in [1.165, 1.54) is 51.1 Å². The molecule has 4 rings (SSSR count). The van der Waals surface area contributed by atoms with Crippen LogP contribution in [0, 0.1) is 23.6 Å². The topological polar surface area (TPSA) is 130 Å². The number of carbonyl (C=O) groups is 4. The summed E-state index contributed by atoms with van der Waals surface area (Å²) >= 11 is 0. The average molecular weight is 707 g/mol. The maximum Gasteiger partial charge on any atom is 0.407 e. The van der Waals surface area contributed by atoms with Crippen molar-refractivity contribution in [1.82, 2.24) is 15.2 Å². The van der Waals surface area contributed by atoms with E-state index in [-0.39, 0.29) is 23.6 Å². The summed E-state index contributed by atoms with van der Waals surface area (Å²) < 4.78 is 36.6. The van der Waals surface area contributed by atoms with Crippen molar-refractivity contribution in [2.45, 2.75) is 123 Å². The summed E-state index contributed by atoms with van der Waals surface area (Å²) in [5.74, 6) is 0.690. The molecule has 2 aromatic rings. The van der Waals surface area contributed by atoms with E-state index < -0.39 is 36.2 Å². The van der Waals surface area contributed by atoms with E-state index in [1.807, 2.05) is 6.92 Å². The fraction of sp³-hybridized carbons (Fsp3) is 0.684. The molecule has 1 saturated carbocycles. The van der Waals surface area contributed by atoms with Gasteiger partial charge in [-0.25, -0.2) is 18.4 Å². The second-order valence-electron chi connectivity index (χ2n) is 14.4. The Morgan fingerprint density at radius 1 is 1.10 bits per heavy atom. The lowest BCUT2D eigenvalue weighted by Crippen LogP contribution is -2.40. The molecular formula is C38H60F2N4O6. The van der Waals surface area contributed by atoms with Crippen molar-refractivity contribution in [2.75, 3.05) is 32.2 Å². The molecule has 50 heavy (non-hydrogen) atoms. The Kier molecular flexibility index (Phi) is 18.4. The molecule has 3 N–H and O–H groups in total. The molecule has 4 unspecified atom stereocenters. The van der Waals surface area contributed by atoms with E-state index in [2.05, 4.69) is 34.5 Å². The molecule has 0 radical (unpaired) electrons. The zero-order valence-corrected chi connectivity index (χ0v) is 31.1. The summed E-state index contributed by atoms with van der Waals surface area (Å²) in [7, 11) is 2.29. The van der Waals surface area contributed by atoms with Crippen LogP contribution in [0.5, 0.6) is 0 Å². The van der Waals surface area contributed by atoms with Crippen LogP contribution in [-0.4, -0.2) is 79.2 Å². The number of carbonyl (C=O) groups excluding carboxylic acids is 4. The van der Waals surface area contributed by atoms with Gasteiger partial charge in [-0.3, -0.25) is 4.79 Å². The van der Waals surface area contributed by atoms with Crippen molar-refractivity contribution >= 4 is 41.3 Å². The zero-order valence-electron chi connectivity index (χ0n) is 31.1. The van der Waals surface area contributed by atoms with Crippen LogP contribution >= 0.6 is 0 Å². The number of benzene rings is 1. The van der Waals surface area contributed by atoms with E-state index in [4.69, 9.17) is 9.47 Å². The van der Waals surface area contributed by atoms with Crippen molar-refractivity contribution in [1.29, 1.82) is 0 Å². The maximum absolute atomic E-state index is 14.0. The minimum absolute atomic E-state index is 0.0294. The Morgan fingerprint density at radius 3 is 2.34 bits per heavy atom. The van der Waals surface area contributed by atoms with Crippen LogP contribution in [0.4, 0.5) is 19.3 Å². The number of aromatic nitrogens is 1. The number of fused-ring (bicyclic) bond motifs is 1. The molecular weight excluding hydrogens is 646 g/mol. The van der Waals surface area contributed by atoms with Crippen LogP contribution in [0.2, 0.25) is 0 Å². The van der Waals surface area contributed by atoms with E-state index in [1.54, 1.807) is 39.8 Å². The molecule has 1 aliphatic heterocycles. The van der Waals surface area contributed by atoms with Gasteiger partial charge in [-0.15, -0.1) is 0 Å². The molecule has 12 heteroatoms. The van der Waals surface area contributed by atoms with Crippen LogP contribution in [0.25, 0.3) is 10.9 Å². The van der Waals surface area contributed by atoms with Crippen LogP contribution in [0.1, 0.15) is 116 Å². The SMILES string of the molecule is CC1C(C2CCCCC2)CCN1C.CCC(C=O)CCCC(CF)NC(=O)OC(C)(C)C.CCOC(=O)c1[nH]c2ccc(NC=O)cc2c1F. The van der Waals surface area contributed by atoms with Gasteiger partial charge >= 0.3 is 12.1 Å². The molecule has 10 nitrogen and oxygen atoms in total. The third-order valence-electron chi connectivity index (χ3n) is 9.58. The van der Waals surface area contributed by atoms with Crippen LogP contribution in [0.3, 0.4) is 0 Å². The molecule has 0 bridgehead atoms. The van der Waals surface area contributed by atoms with E-state index in [0.29, 0.717) is 30.5 Å². The fourth-order valence-electron chi connectivity index (χ4n) is 6.63. The number of rotatable bonds is 13. The highest BCUT2D eigenvalue weighted by molar-refractivity contribution is 5.97. The first-order valence-electron chi connectivity index (χ1n) is 18.2. The van der Waals surface area contributed by atoms with Gasteiger partial charge in [-0.1, -0.05) is 45.4 Å². The Balaban J connectivity index is 0.000000264. The van der Waals surface area contributed by atoms with Crippen molar-refractivity contribution in [2.24, 2.45) is 17.8 Å². The van der Waals surface area contributed by atoms with Gasteiger partial charge in [0, 0.05) is 28.6 Å². The number of hydrogen-bond acceptors (Lipinski definition) is 7. The van der Waals surface area contributed by atoms with Gasteiger partial charge in [-0.05, 0) is 104 Å². The van der Waals surface area contributed by atoms with Gasteiger partial charge in [0.15, 0.2) is 11.5 Å². The monoisotopic (exact) mass is 706 g/mol. The second kappa shape index (κ2) is 21.6.